The molecule has 1 heterocycles. The maximum atomic E-state index is 12.7. The second-order valence-electron chi connectivity index (χ2n) is 6.61. The van der Waals surface area contributed by atoms with Gasteiger partial charge in [-0.3, -0.25) is 4.79 Å². The van der Waals surface area contributed by atoms with Crippen LogP contribution in [0.2, 0.25) is 0 Å². The maximum Gasteiger partial charge on any atom is 0.338 e. The first kappa shape index (κ1) is 18.5. The van der Waals surface area contributed by atoms with Crippen molar-refractivity contribution >= 4 is 22.7 Å². The molecule has 1 N–H and O–H groups in total. The van der Waals surface area contributed by atoms with E-state index in [0.717, 1.165) is 16.6 Å². The molecule has 0 atom stereocenters. The lowest BCUT2D eigenvalue weighted by molar-refractivity contribution is 0.0474. The van der Waals surface area contributed by atoms with Crippen molar-refractivity contribution in [1.82, 2.24) is 4.98 Å². The van der Waals surface area contributed by atoms with E-state index >= 15 is 0 Å². The molecule has 0 saturated heterocycles. The van der Waals surface area contributed by atoms with Crippen LogP contribution in [-0.4, -0.2) is 23.3 Å². The van der Waals surface area contributed by atoms with Gasteiger partial charge in [-0.25, -0.2) is 4.79 Å². The van der Waals surface area contributed by atoms with Gasteiger partial charge in [0.2, 0.25) is 5.78 Å². The molecule has 0 unspecified atom stereocenters. The first-order valence-electron chi connectivity index (χ1n) is 9.22. The number of aromatic nitrogens is 1. The van der Waals surface area contributed by atoms with Crippen molar-refractivity contribution in [2.45, 2.75) is 6.92 Å². The fourth-order valence-corrected chi connectivity index (χ4v) is 3.23. The van der Waals surface area contributed by atoms with E-state index in [1.165, 1.54) is 0 Å². The van der Waals surface area contributed by atoms with Crippen molar-refractivity contribution in [1.29, 1.82) is 0 Å². The van der Waals surface area contributed by atoms with Gasteiger partial charge in [0.15, 0.2) is 6.61 Å². The fraction of sp³-hybridized carbons (Fsp3) is 0.0833. The zero-order valence-electron chi connectivity index (χ0n) is 15.8. The van der Waals surface area contributed by atoms with Gasteiger partial charge < -0.3 is 14.5 Å². The quantitative estimate of drug-likeness (QED) is 0.361. The van der Waals surface area contributed by atoms with Gasteiger partial charge in [-0.1, -0.05) is 42.5 Å². The molecule has 29 heavy (non-hydrogen) atoms. The normalized spacial score (nSPS) is 10.7. The zero-order valence-corrected chi connectivity index (χ0v) is 15.8. The summed E-state index contributed by atoms with van der Waals surface area (Å²) in [6.45, 7) is 1.50. The predicted molar refractivity (Wildman–Crippen MR) is 111 cm³/mol. The molecular formula is C24H19NO4. The Bertz CT molecular complexity index is 1180. The number of carbonyl (C=O) groups excluding carboxylic acids is 2. The van der Waals surface area contributed by atoms with Crippen molar-refractivity contribution in [2.24, 2.45) is 0 Å². The van der Waals surface area contributed by atoms with Gasteiger partial charge in [-0.05, 0) is 43.3 Å². The number of ketones is 1. The highest BCUT2D eigenvalue weighted by atomic mass is 16.5. The van der Waals surface area contributed by atoms with Crippen LogP contribution in [0.5, 0.6) is 11.5 Å². The number of benzene rings is 3. The Hall–Kier alpha value is -3.86. The number of carbonyl (C=O) groups is 2. The molecule has 0 aliphatic rings. The standard InChI is InChI=1S/C24H19NO4/c1-16-23(20-12-5-6-13-21(20)25-16)22(26)15-28-24(27)17-8-7-11-19(14-17)29-18-9-3-2-4-10-18/h2-14,25H,15H2,1H3. The summed E-state index contributed by atoms with van der Waals surface area (Å²) in [5, 5.41) is 0.823. The van der Waals surface area contributed by atoms with E-state index in [9.17, 15) is 9.59 Å². The molecule has 1 aromatic heterocycles. The maximum absolute atomic E-state index is 12.7. The Morgan fingerprint density at radius 1 is 0.862 bits per heavy atom. The van der Waals surface area contributed by atoms with Crippen LogP contribution < -0.4 is 4.74 Å². The predicted octanol–water partition coefficient (Wildman–Crippen LogP) is 5.31. The third-order valence-electron chi connectivity index (χ3n) is 4.56. The molecule has 3 aromatic carbocycles. The molecule has 0 amide bonds. The number of hydrogen-bond donors (Lipinski definition) is 1. The van der Waals surface area contributed by atoms with Crippen molar-refractivity contribution in [3.8, 4) is 11.5 Å². The van der Waals surface area contributed by atoms with Crippen molar-refractivity contribution in [2.75, 3.05) is 6.61 Å². The lowest BCUT2D eigenvalue weighted by Gasteiger charge is -2.08. The highest BCUT2D eigenvalue weighted by molar-refractivity contribution is 6.10. The van der Waals surface area contributed by atoms with Crippen LogP contribution in [0.25, 0.3) is 10.9 Å². The molecule has 0 bridgehead atoms. The molecule has 4 rings (SSSR count). The van der Waals surface area contributed by atoms with Crippen molar-refractivity contribution in [3.63, 3.8) is 0 Å². The van der Waals surface area contributed by atoms with E-state index in [1.54, 1.807) is 24.3 Å². The number of H-pyrrole nitrogens is 1. The Morgan fingerprint density at radius 2 is 1.59 bits per heavy atom. The molecule has 4 aromatic rings. The number of aromatic amines is 1. The molecule has 0 fully saturated rings. The molecule has 0 aliphatic carbocycles. The van der Waals surface area contributed by atoms with Crippen LogP contribution in [-0.2, 0) is 4.74 Å². The Balaban J connectivity index is 1.45. The molecule has 5 heteroatoms. The monoisotopic (exact) mass is 385 g/mol. The highest BCUT2D eigenvalue weighted by Gasteiger charge is 2.18. The fourth-order valence-electron chi connectivity index (χ4n) is 3.23. The average molecular weight is 385 g/mol. The summed E-state index contributed by atoms with van der Waals surface area (Å²) in [4.78, 5) is 28.3. The lowest BCUT2D eigenvalue weighted by Crippen LogP contribution is -2.14. The number of para-hydroxylation sites is 2. The second kappa shape index (κ2) is 8.02. The summed E-state index contributed by atoms with van der Waals surface area (Å²) >= 11 is 0. The smallest absolute Gasteiger partial charge is 0.338 e. The van der Waals surface area contributed by atoms with Crippen LogP contribution in [0.3, 0.4) is 0 Å². The van der Waals surface area contributed by atoms with Gasteiger partial charge in [-0.15, -0.1) is 0 Å². The molecule has 0 spiro atoms. The first-order valence-corrected chi connectivity index (χ1v) is 9.22. The molecule has 5 nitrogen and oxygen atoms in total. The molecule has 0 aliphatic heterocycles. The minimum Gasteiger partial charge on any atom is -0.457 e. The van der Waals surface area contributed by atoms with Crippen LogP contribution in [0.1, 0.15) is 26.4 Å². The number of esters is 1. The minimum atomic E-state index is -0.575. The summed E-state index contributed by atoms with van der Waals surface area (Å²) in [5.41, 5.74) is 2.51. The van der Waals surface area contributed by atoms with E-state index in [-0.39, 0.29) is 12.4 Å². The van der Waals surface area contributed by atoms with Gasteiger partial charge in [-0.2, -0.15) is 0 Å². The molecule has 0 saturated carbocycles. The topological polar surface area (TPSA) is 68.4 Å². The third-order valence-corrected chi connectivity index (χ3v) is 4.56. The van der Waals surface area contributed by atoms with Gasteiger partial charge in [0.05, 0.1) is 5.56 Å². The lowest BCUT2D eigenvalue weighted by atomic mass is 10.1. The Kier molecular flexibility index (Phi) is 5.12. The third kappa shape index (κ3) is 4.04. The largest absolute Gasteiger partial charge is 0.457 e. The summed E-state index contributed by atoms with van der Waals surface area (Å²) in [7, 11) is 0. The number of rotatable bonds is 6. The summed E-state index contributed by atoms with van der Waals surface area (Å²) in [6.07, 6.45) is 0. The van der Waals surface area contributed by atoms with E-state index < -0.39 is 5.97 Å². The second-order valence-corrected chi connectivity index (χ2v) is 6.61. The average Bonchev–Trinajstić information content (AvgIpc) is 3.08. The summed E-state index contributed by atoms with van der Waals surface area (Å²) in [6, 6.07) is 23.5. The summed E-state index contributed by atoms with van der Waals surface area (Å²) < 4.78 is 11.0. The number of hydrogen-bond acceptors (Lipinski definition) is 4. The van der Waals surface area contributed by atoms with Gasteiger partial charge in [0.1, 0.15) is 11.5 Å². The Morgan fingerprint density at radius 3 is 2.41 bits per heavy atom. The molecule has 144 valence electrons. The number of fused-ring (bicyclic) bond motifs is 1. The number of Topliss-reactive ketones (excluding diaryl/α,β-unsaturated/α-hetero) is 1. The SMILES string of the molecule is Cc1[nH]c2ccccc2c1C(=O)COC(=O)c1cccc(Oc2ccccc2)c1. The minimum absolute atomic E-state index is 0.245. The number of nitrogens with one attached hydrogen (secondary N) is 1. The summed E-state index contributed by atoms with van der Waals surface area (Å²) in [5.74, 6) is 0.367. The van der Waals surface area contributed by atoms with Gasteiger partial charge >= 0.3 is 5.97 Å². The van der Waals surface area contributed by atoms with E-state index in [4.69, 9.17) is 9.47 Å². The van der Waals surface area contributed by atoms with E-state index in [0.29, 0.717) is 22.6 Å². The first-order chi connectivity index (χ1) is 14.1. The van der Waals surface area contributed by atoms with Crippen LogP contribution in [0.15, 0.2) is 78.9 Å². The highest BCUT2D eigenvalue weighted by Crippen LogP contribution is 2.24. The van der Waals surface area contributed by atoms with Gasteiger partial charge in [0, 0.05) is 22.2 Å². The van der Waals surface area contributed by atoms with Crippen LogP contribution in [0, 0.1) is 6.92 Å². The van der Waals surface area contributed by atoms with Crippen LogP contribution >= 0.6 is 0 Å². The van der Waals surface area contributed by atoms with Gasteiger partial charge in [0.25, 0.3) is 0 Å². The van der Waals surface area contributed by atoms with E-state index in [1.807, 2.05) is 61.5 Å². The molecular weight excluding hydrogens is 366 g/mol. The number of aryl methyl sites for hydroxylation is 1. The van der Waals surface area contributed by atoms with Crippen LogP contribution in [0.4, 0.5) is 0 Å². The Labute approximate surface area is 167 Å². The van der Waals surface area contributed by atoms with Crippen molar-refractivity contribution in [3.05, 3.63) is 95.7 Å². The number of ether oxygens (including phenoxy) is 2. The molecule has 0 radical (unpaired) electrons. The van der Waals surface area contributed by atoms with Crippen molar-refractivity contribution < 1.29 is 19.1 Å². The van der Waals surface area contributed by atoms with E-state index in [2.05, 4.69) is 4.98 Å². The zero-order chi connectivity index (χ0) is 20.2.